The Bertz CT molecular complexity index is 396. The molecule has 0 rings (SSSR count). The van der Waals surface area contributed by atoms with E-state index in [2.05, 4.69) is 22.6 Å². The second-order valence-electron chi connectivity index (χ2n) is 2.71. The average Bonchev–Trinajstić information content (AvgIpc) is 2.25. The fraction of sp³-hybridized carbons (Fsp3) is 0.333. The van der Waals surface area contributed by atoms with Crippen LogP contribution in [0.3, 0.4) is 0 Å². The molecule has 122 valence electrons. The highest BCUT2D eigenvalue weighted by atomic mass is 19.4. The SMILES string of the molecule is C=CC(=O)OC(F)(F)C(F)(F)F.C=CC(=O)OC(F)(F)F. The van der Waals surface area contributed by atoms with Crippen molar-refractivity contribution >= 4 is 11.9 Å². The Morgan fingerprint density at radius 1 is 0.762 bits per heavy atom. The lowest BCUT2D eigenvalue weighted by Gasteiger charge is -2.17. The van der Waals surface area contributed by atoms with Gasteiger partial charge < -0.3 is 9.47 Å². The first kappa shape index (κ1) is 21.2. The van der Waals surface area contributed by atoms with Gasteiger partial charge in [0.15, 0.2) is 0 Å². The van der Waals surface area contributed by atoms with Crippen LogP contribution in [-0.4, -0.2) is 30.6 Å². The number of ether oxygens (including phenoxy) is 2. The van der Waals surface area contributed by atoms with E-state index >= 15 is 0 Å². The van der Waals surface area contributed by atoms with Crippen LogP contribution in [0.1, 0.15) is 0 Å². The Hall–Kier alpha value is -2.14. The molecular formula is C9H6F8O4. The summed E-state index contributed by atoms with van der Waals surface area (Å²) in [6.07, 6.45) is -15.6. The minimum atomic E-state index is -5.90. The first-order chi connectivity index (χ1) is 9.16. The molecule has 0 radical (unpaired) electrons. The zero-order chi connectivity index (χ0) is 17.5. The summed E-state index contributed by atoms with van der Waals surface area (Å²) in [5.74, 6) is -3.33. The number of carbonyl (C=O) groups excluding carboxylic acids is 2. The van der Waals surface area contributed by atoms with E-state index in [0.717, 1.165) is 0 Å². The Morgan fingerprint density at radius 2 is 1.10 bits per heavy atom. The van der Waals surface area contributed by atoms with E-state index < -0.39 is 30.6 Å². The monoisotopic (exact) mass is 330 g/mol. The number of hydrogen-bond donors (Lipinski definition) is 0. The molecule has 0 aromatic carbocycles. The van der Waals surface area contributed by atoms with Gasteiger partial charge in [0.05, 0.1) is 0 Å². The van der Waals surface area contributed by atoms with E-state index in [1.165, 1.54) is 0 Å². The number of carbonyl (C=O) groups is 2. The first-order valence-corrected chi connectivity index (χ1v) is 4.38. The van der Waals surface area contributed by atoms with Crippen molar-refractivity contribution < 1.29 is 54.2 Å². The topological polar surface area (TPSA) is 52.6 Å². The summed E-state index contributed by atoms with van der Waals surface area (Å²) in [6.45, 7) is 5.42. The molecule has 0 aromatic rings. The molecule has 0 saturated carbocycles. The molecule has 0 fully saturated rings. The van der Waals surface area contributed by atoms with Crippen molar-refractivity contribution in [2.75, 3.05) is 0 Å². The molecule has 0 bridgehead atoms. The maximum absolute atomic E-state index is 11.8. The fourth-order valence-corrected chi connectivity index (χ4v) is 0.382. The summed E-state index contributed by atoms with van der Waals surface area (Å²) in [5, 5.41) is 0. The van der Waals surface area contributed by atoms with Crippen LogP contribution < -0.4 is 0 Å². The van der Waals surface area contributed by atoms with Crippen LogP contribution in [0.2, 0.25) is 0 Å². The van der Waals surface area contributed by atoms with E-state index in [1.54, 1.807) is 0 Å². The van der Waals surface area contributed by atoms with E-state index in [9.17, 15) is 44.7 Å². The van der Waals surface area contributed by atoms with E-state index in [0.29, 0.717) is 6.08 Å². The van der Waals surface area contributed by atoms with Gasteiger partial charge in [0.2, 0.25) is 0 Å². The summed E-state index contributed by atoms with van der Waals surface area (Å²) in [5.41, 5.74) is 0. The Morgan fingerprint density at radius 3 is 1.29 bits per heavy atom. The minimum Gasteiger partial charge on any atom is -0.391 e. The quantitative estimate of drug-likeness (QED) is 0.453. The van der Waals surface area contributed by atoms with Crippen LogP contribution in [0.15, 0.2) is 25.3 Å². The van der Waals surface area contributed by atoms with Gasteiger partial charge in [-0.15, -0.1) is 13.2 Å². The third-order valence-corrected chi connectivity index (χ3v) is 1.11. The van der Waals surface area contributed by atoms with Crippen LogP contribution in [-0.2, 0) is 19.1 Å². The molecule has 12 heteroatoms. The molecular weight excluding hydrogens is 324 g/mol. The highest BCUT2D eigenvalue weighted by Crippen LogP contribution is 2.36. The Labute approximate surface area is 111 Å². The molecule has 0 aliphatic carbocycles. The zero-order valence-electron chi connectivity index (χ0n) is 9.73. The smallest absolute Gasteiger partial charge is 0.391 e. The molecule has 0 aliphatic heterocycles. The van der Waals surface area contributed by atoms with Gasteiger partial charge in [0.25, 0.3) is 0 Å². The molecule has 0 spiro atoms. The third kappa shape index (κ3) is 10.3. The van der Waals surface area contributed by atoms with Gasteiger partial charge in [-0.25, -0.2) is 9.59 Å². The minimum absolute atomic E-state index is 0.208. The van der Waals surface area contributed by atoms with Crippen molar-refractivity contribution in [3.63, 3.8) is 0 Å². The molecule has 0 aromatic heterocycles. The van der Waals surface area contributed by atoms with Gasteiger partial charge in [0, 0.05) is 12.2 Å². The largest absolute Gasteiger partial charge is 0.575 e. The molecule has 0 heterocycles. The number of alkyl halides is 8. The molecule has 0 unspecified atom stereocenters. The molecule has 0 aliphatic rings. The molecule has 0 N–H and O–H groups in total. The van der Waals surface area contributed by atoms with Gasteiger partial charge in [-0.3, -0.25) is 0 Å². The normalized spacial score (nSPS) is 11.6. The van der Waals surface area contributed by atoms with E-state index in [-0.39, 0.29) is 6.08 Å². The summed E-state index contributed by atoms with van der Waals surface area (Å²) in [7, 11) is 0. The van der Waals surface area contributed by atoms with Gasteiger partial charge in [-0.2, -0.15) is 22.0 Å². The summed E-state index contributed by atoms with van der Waals surface area (Å²) < 4.78 is 95.9. The lowest BCUT2D eigenvalue weighted by molar-refractivity contribution is -0.374. The van der Waals surface area contributed by atoms with Crippen molar-refractivity contribution in [3.05, 3.63) is 25.3 Å². The summed E-state index contributed by atoms with van der Waals surface area (Å²) in [4.78, 5) is 19.7. The number of esters is 2. The Kier molecular flexibility index (Phi) is 7.65. The van der Waals surface area contributed by atoms with Crippen LogP contribution in [0.4, 0.5) is 35.1 Å². The Balaban J connectivity index is 0. The van der Waals surface area contributed by atoms with Crippen molar-refractivity contribution in [2.45, 2.75) is 18.6 Å². The van der Waals surface area contributed by atoms with Crippen molar-refractivity contribution in [1.29, 1.82) is 0 Å². The molecule has 0 saturated heterocycles. The fourth-order valence-electron chi connectivity index (χ4n) is 0.382. The van der Waals surface area contributed by atoms with Crippen LogP contribution in [0.5, 0.6) is 0 Å². The van der Waals surface area contributed by atoms with E-state index in [1.807, 2.05) is 0 Å². The summed E-state index contributed by atoms with van der Waals surface area (Å²) >= 11 is 0. The van der Waals surface area contributed by atoms with Gasteiger partial charge in [0.1, 0.15) is 0 Å². The van der Waals surface area contributed by atoms with Crippen LogP contribution >= 0.6 is 0 Å². The predicted molar refractivity (Wildman–Crippen MR) is 49.6 cm³/mol. The van der Waals surface area contributed by atoms with Crippen LogP contribution in [0, 0.1) is 0 Å². The first-order valence-electron chi connectivity index (χ1n) is 4.38. The van der Waals surface area contributed by atoms with Crippen molar-refractivity contribution in [2.24, 2.45) is 0 Å². The van der Waals surface area contributed by atoms with Gasteiger partial charge >= 0.3 is 30.6 Å². The summed E-state index contributed by atoms with van der Waals surface area (Å²) in [6, 6.07) is 0. The zero-order valence-corrected chi connectivity index (χ0v) is 9.73. The lowest BCUT2D eigenvalue weighted by Crippen LogP contribution is -2.40. The molecule has 0 atom stereocenters. The highest BCUT2D eigenvalue weighted by Gasteiger charge is 2.61. The average molecular weight is 330 g/mol. The van der Waals surface area contributed by atoms with Crippen molar-refractivity contribution in [1.82, 2.24) is 0 Å². The van der Waals surface area contributed by atoms with Gasteiger partial charge in [-0.05, 0) is 0 Å². The number of halogens is 8. The van der Waals surface area contributed by atoms with E-state index in [4.69, 9.17) is 0 Å². The van der Waals surface area contributed by atoms with Crippen molar-refractivity contribution in [3.8, 4) is 0 Å². The molecule has 4 nitrogen and oxygen atoms in total. The maximum atomic E-state index is 11.8. The number of rotatable bonds is 3. The van der Waals surface area contributed by atoms with Gasteiger partial charge in [-0.1, -0.05) is 13.2 Å². The highest BCUT2D eigenvalue weighted by molar-refractivity contribution is 5.81. The molecule has 0 amide bonds. The standard InChI is InChI=1S/C5H3F5O2.C4H3F3O2/c1-2-3(11)12-5(9,10)4(6,7)8;1-2-3(8)9-4(5,6)7/h2H,1H2;2H,1H2. The predicted octanol–water partition coefficient (Wildman–Crippen LogP) is 3.11. The lowest BCUT2D eigenvalue weighted by atomic mass is 10.6. The second-order valence-corrected chi connectivity index (χ2v) is 2.71. The maximum Gasteiger partial charge on any atom is 0.575 e. The number of hydrogen-bond acceptors (Lipinski definition) is 4. The van der Waals surface area contributed by atoms with Crippen LogP contribution in [0.25, 0.3) is 0 Å². The third-order valence-electron chi connectivity index (χ3n) is 1.11. The second kappa shape index (κ2) is 7.59. The molecule has 21 heavy (non-hydrogen) atoms.